The Balaban J connectivity index is 2.22. The van der Waals surface area contributed by atoms with Crippen molar-refractivity contribution in [2.24, 2.45) is 16.3 Å². The fourth-order valence-corrected chi connectivity index (χ4v) is 3.24. The summed E-state index contributed by atoms with van der Waals surface area (Å²) in [6, 6.07) is 4.07. The second kappa shape index (κ2) is 5.83. The number of hydrogen-bond acceptors (Lipinski definition) is 4. The minimum Gasteiger partial charge on any atom is -0.409 e. The summed E-state index contributed by atoms with van der Waals surface area (Å²) in [7, 11) is 0. The van der Waals surface area contributed by atoms with Gasteiger partial charge in [-0.3, -0.25) is 4.79 Å². The zero-order chi connectivity index (χ0) is 14.8. The molecule has 1 aromatic heterocycles. The van der Waals surface area contributed by atoms with Crippen molar-refractivity contribution in [3.05, 3.63) is 22.4 Å². The molecule has 20 heavy (non-hydrogen) atoms. The van der Waals surface area contributed by atoms with Crippen LogP contribution >= 0.6 is 11.3 Å². The Morgan fingerprint density at radius 2 is 2.30 bits per heavy atom. The van der Waals surface area contributed by atoms with Gasteiger partial charge in [-0.1, -0.05) is 17.6 Å². The summed E-state index contributed by atoms with van der Waals surface area (Å²) in [6.45, 7) is 4.56. The van der Waals surface area contributed by atoms with Crippen molar-refractivity contribution in [1.29, 1.82) is 0 Å². The second-order valence-corrected chi connectivity index (χ2v) is 6.56. The average Bonchev–Trinajstić information content (AvgIpc) is 2.86. The van der Waals surface area contributed by atoms with Gasteiger partial charge in [-0.15, -0.1) is 11.3 Å². The molecule has 0 atom stereocenters. The molecule has 0 unspecified atom stereocenters. The first kappa shape index (κ1) is 14.8. The maximum Gasteiger partial charge on any atom is 0.237 e. The Morgan fingerprint density at radius 1 is 1.60 bits per heavy atom. The van der Waals surface area contributed by atoms with Crippen molar-refractivity contribution >= 4 is 23.1 Å². The molecule has 1 fully saturated rings. The lowest BCUT2D eigenvalue weighted by atomic mass is 9.66. The van der Waals surface area contributed by atoms with E-state index in [1.807, 2.05) is 36.3 Å². The molecule has 0 aromatic carbocycles. The molecule has 1 aliphatic rings. The third-order valence-electron chi connectivity index (χ3n) is 4.01. The van der Waals surface area contributed by atoms with Gasteiger partial charge < -0.3 is 15.8 Å². The van der Waals surface area contributed by atoms with Gasteiger partial charge in [0, 0.05) is 10.9 Å². The molecule has 0 saturated heterocycles. The van der Waals surface area contributed by atoms with Crippen LogP contribution in [0.4, 0.5) is 0 Å². The standard InChI is InChI=1S/C14H21N3O2S/c1-10(2)17(9-11-5-3-8-20-11)13(18)14(6-4-7-14)12(15)16-19/h3,5,8,10,19H,4,6-7,9H2,1-2H3,(H2,15,16). The summed E-state index contributed by atoms with van der Waals surface area (Å²) in [5.41, 5.74) is 4.99. The third kappa shape index (κ3) is 2.52. The number of hydrogen-bond donors (Lipinski definition) is 2. The van der Waals surface area contributed by atoms with Gasteiger partial charge in [-0.2, -0.15) is 0 Å². The molecule has 1 aliphatic carbocycles. The summed E-state index contributed by atoms with van der Waals surface area (Å²) < 4.78 is 0. The Hall–Kier alpha value is -1.56. The molecule has 110 valence electrons. The second-order valence-electron chi connectivity index (χ2n) is 5.53. The Morgan fingerprint density at radius 3 is 2.70 bits per heavy atom. The smallest absolute Gasteiger partial charge is 0.237 e. The largest absolute Gasteiger partial charge is 0.409 e. The molecule has 5 nitrogen and oxygen atoms in total. The fraction of sp³-hybridized carbons (Fsp3) is 0.571. The molecule has 0 spiro atoms. The van der Waals surface area contributed by atoms with Crippen LogP contribution in [0.5, 0.6) is 0 Å². The third-order valence-corrected chi connectivity index (χ3v) is 4.87. The van der Waals surface area contributed by atoms with Gasteiger partial charge in [-0.25, -0.2) is 0 Å². The molecule has 1 heterocycles. The molecular weight excluding hydrogens is 274 g/mol. The monoisotopic (exact) mass is 295 g/mol. The maximum atomic E-state index is 12.9. The first-order valence-corrected chi connectivity index (χ1v) is 7.70. The SMILES string of the molecule is CC(C)N(Cc1cccs1)C(=O)C1(/C(N)=N/O)CCC1. The van der Waals surface area contributed by atoms with Crippen LogP contribution in [-0.2, 0) is 11.3 Å². The highest BCUT2D eigenvalue weighted by atomic mass is 32.1. The van der Waals surface area contributed by atoms with E-state index in [2.05, 4.69) is 5.16 Å². The lowest BCUT2D eigenvalue weighted by Gasteiger charge is -2.43. The summed E-state index contributed by atoms with van der Waals surface area (Å²) in [5, 5.41) is 14.0. The number of oxime groups is 1. The van der Waals surface area contributed by atoms with Gasteiger partial charge in [0.05, 0.1) is 6.54 Å². The van der Waals surface area contributed by atoms with Crippen molar-refractivity contribution in [3.63, 3.8) is 0 Å². The zero-order valence-electron chi connectivity index (χ0n) is 11.9. The van der Waals surface area contributed by atoms with Crippen LogP contribution in [0.25, 0.3) is 0 Å². The molecule has 1 saturated carbocycles. The maximum absolute atomic E-state index is 12.9. The predicted molar refractivity (Wildman–Crippen MR) is 79.7 cm³/mol. The number of nitrogens with zero attached hydrogens (tertiary/aromatic N) is 2. The molecule has 0 bridgehead atoms. The number of rotatable bonds is 5. The fourth-order valence-electron chi connectivity index (χ4n) is 2.54. The first-order valence-electron chi connectivity index (χ1n) is 6.82. The molecule has 0 aliphatic heterocycles. The van der Waals surface area contributed by atoms with Gasteiger partial charge in [0.15, 0.2) is 5.84 Å². The van der Waals surface area contributed by atoms with Gasteiger partial charge in [0.1, 0.15) is 5.41 Å². The highest BCUT2D eigenvalue weighted by molar-refractivity contribution is 7.09. The molecule has 6 heteroatoms. The summed E-state index contributed by atoms with van der Waals surface area (Å²) in [5.74, 6) is 0.0213. The molecule has 0 radical (unpaired) electrons. The Bertz CT molecular complexity index is 493. The predicted octanol–water partition coefficient (Wildman–Crippen LogP) is 2.40. The molecule has 2 rings (SSSR count). The molecule has 3 N–H and O–H groups in total. The average molecular weight is 295 g/mol. The minimum atomic E-state index is -0.795. The van der Waals surface area contributed by atoms with E-state index in [9.17, 15) is 4.79 Å². The number of amidine groups is 1. The van der Waals surface area contributed by atoms with Crippen molar-refractivity contribution in [2.75, 3.05) is 0 Å². The Kier molecular flexibility index (Phi) is 4.32. The minimum absolute atomic E-state index is 0.0255. The number of nitrogens with two attached hydrogens (primary N) is 1. The highest BCUT2D eigenvalue weighted by Crippen LogP contribution is 2.43. The van der Waals surface area contributed by atoms with Crippen LogP contribution in [0, 0.1) is 5.41 Å². The topological polar surface area (TPSA) is 78.9 Å². The number of carbonyl (C=O) groups excluding carboxylic acids is 1. The van der Waals surface area contributed by atoms with E-state index in [-0.39, 0.29) is 17.8 Å². The lowest BCUT2D eigenvalue weighted by molar-refractivity contribution is -0.144. The quantitative estimate of drug-likeness (QED) is 0.379. The van der Waals surface area contributed by atoms with E-state index in [4.69, 9.17) is 10.9 Å². The van der Waals surface area contributed by atoms with E-state index in [1.54, 1.807) is 11.3 Å². The molecular formula is C14H21N3O2S. The number of carbonyl (C=O) groups is 1. The van der Waals surface area contributed by atoms with E-state index >= 15 is 0 Å². The van der Waals surface area contributed by atoms with E-state index in [0.29, 0.717) is 19.4 Å². The zero-order valence-corrected chi connectivity index (χ0v) is 12.7. The summed E-state index contributed by atoms with van der Waals surface area (Å²) in [4.78, 5) is 15.8. The van der Waals surface area contributed by atoms with Crippen molar-refractivity contribution in [1.82, 2.24) is 4.90 Å². The van der Waals surface area contributed by atoms with Crippen LogP contribution in [0.3, 0.4) is 0 Å². The van der Waals surface area contributed by atoms with Crippen LogP contribution in [0.1, 0.15) is 38.0 Å². The normalized spacial score (nSPS) is 17.9. The van der Waals surface area contributed by atoms with E-state index in [0.717, 1.165) is 11.3 Å². The van der Waals surface area contributed by atoms with Crippen molar-refractivity contribution < 1.29 is 10.0 Å². The highest BCUT2D eigenvalue weighted by Gasteiger charge is 2.50. The summed E-state index contributed by atoms with van der Waals surface area (Å²) >= 11 is 1.63. The van der Waals surface area contributed by atoms with E-state index < -0.39 is 5.41 Å². The number of thiophene rings is 1. The number of amides is 1. The molecule has 1 aromatic rings. The van der Waals surface area contributed by atoms with Crippen LogP contribution < -0.4 is 5.73 Å². The Labute approximate surface area is 123 Å². The van der Waals surface area contributed by atoms with Crippen LogP contribution in [0.15, 0.2) is 22.7 Å². The summed E-state index contributed by atoms with van der Waals surface area (Å²) in [6.07, 6.45) is 2.26. The van der Waals surface area contributed by atoms with Gasteiger partial charge >= 0.3 is 0 Å². The lowest BCUT2D eigenvalue weighted by Crippen LogP contribution is -2.56. The van der Waals surface area contributed by atoms with Crippen molar-refractivity contribution in [2.45, 2.75) is 45.7 Å². The van der Waals surface area contributed by atoms with Crippen LogP contribution in [0.2, 0.25) is 0 Å². The van der Waals surface area contributed by atoms with Crippen LogP contribution in [-0.4, -0.2) is 27.9 Å². The molecule has 1 amide bonds. The van der Waals surface area contributed by atoms with Crippen molar-refractivity contribution in [3.8, 4) is 0 Å². The van der Waals surface area contributed by atoms with Gasteiger partial charge in [0.25, 0.3) is 0 Å². The van der Waals surface area contributed by atoms with Gasteiger partial charge in [0.2, 0.25) is 5.91 Å². The van der Waals surface area contributed by atoms with E-state index in [1.165, 1.54) is 0 Å². The first-order chi connectivity index (χ1) is 9.51. The van der Waals surface area contributed by atoms with Gasteiger partial charge in [-0.05, 0) is 38.1 Å².